The first-order valence-corrected chi connectivity index (χ1v) is 12.9. The molecule has 0 fully saturated rings. The van der Waals surface area contributed by atoms with Crippen molar-refractivity contribution in [3.05, 3.63) is 104 Å². The summed E-state index contributed by atoms with van der Waals surface area (Å²) in [6.07, 6.45) is 0.365. The fourth-order valence-electron chi connectivity index (χ4n) is 3.75. The van der Waals surface area contributed by atoms with Gasteiger partial charge < -0.3 is 10.2 Å². The first-order valence-electron chi connectivity index (χ1n) is 11.4. The summed E-state index contributed by atoms with van der Waals surface area (Å²) < 4.78 is 0.938. The van der Waals surface area contributed by atoms with Gasteiger partial charge in [-0.05, 0) is 61.7 Å². The summed E-state index contributed by atoms with van der Waals surface area (Å²) in [7, 11) is 0. The molecule has 4 nitrogen and oxygen atoms in total. The lowest BCUT2D eigenvalue weighted by Crippen LogP contribution is -2.54. The Morgan fingerprint density at radius 2 is 1.49 bits per heavy atom. The third-order valence-electron chi connectivity index (χ3n) is 5.43. The molecular weight excluding hydrogens is 547 g/mol. The smallest absolute Gasteiger partial charge is 0.243 e. The second-order valence-electron chi connectivity index (χ2n) is 9.47. The molecule has 0 aliphatic carbocycles. The molecule has 1 atom stereocenters. The van der Waals surface area contributed by atoms with E-state index in [9.17, 15) is 9.59 Å². The zero-order valence-corrected chi connectivity index (χ0v) is 23.1. The Kier molecular flexibility index (Phi) is 9.40. The highest BCUT2D eigenvalue weighted by Crippen LogP contribution is 2.26. The summed E-state index contributed by atoms with van der Waals surface area (Å²) in [6, 6.07) is 21.9. The standard InChI is InChI=1S/C28H29BrCl2N2O2/c1-28(2,3)32-27(35)25(16-19-8-5-4-6-9-19)33(18-20-12-14-21(29)15-13-20)26(34)17-22-23(30)10-7-11-24(22)31/h4-15,25H,16-18H2,1-3H3,(H,32,35)/t25-/m0/s1. The average molecular weight is 576 g/mol. The molecule has 35 heavy (non-hydrogen) atoms. The van der Waals surface area contributed by atoms with Crippen LogP contribution in [0.25, 0.3) is 0 Å². The number of halogens is 3. The summed E-state index contributed by atoms with van der Waals surface area (Å²) >= 11 is 16.2. The molecule has 3 aromatic carbocycles. The molecule has 0 bridgehead atoms. The minimum absolute atomic E-state index is 0.0108. The van der Waals surface area contributed by atoms with E-state index in [-0.39, 0.29) is 24.8 Å². The number of hydrogen-bond donors (Lipinski definition) is 1. The van der Waals surface area contributed by atoms with Gasteiger partial charge in [0.05, 0.1) is 6.42 Å². The van der Waals surface area contributed by atoms with E-state index >= 15 is 0 Å². The van der Waals surface area contributed by atoms with Crippen molar-refractivity contribution in [1.29, 1.82) is 0 Å². The minimum Gasteiger partial charge on any atom is -0.350 e. The molecule has 0 aromatic heterocycles. The molecule has 0 saturated carbocycles. The zero-order valence-electron chi connectivity index (χ0n) is 20.0. The number of nitrogens with one attached hydrogen (secondary N) is 1. The Hall–Kier alpha value is -2.34. The van der Waals surface area contributed by atoms with Crippen molar-refractivity contribution in [3.8, 4) is 0 Å². The molecule has 1 N–H and O–H groups in total. The number of carbonyl (C=O) groups excluding carboxylic acids is 2. The maximum absolute atomic E-state index is 13.8. The molecule has 2 amide bonds. The highest BCUT2D eigenvalue weighted by atomic mass is 79.9. The number of nitrogens with zero attached hydrogens (tertiary/aromatic N) is 1. The van der Waals surface area contributed by atoms with Crippen LogP contribution in [-0.4, -0.2) is 28.3 Å². The highest BCUT2D eigenvalue weighted by molar-refractivity contribution is 9.10. The molecule has 0 unspecified atom stereocenters. The third-order valence-corrected chi connectivity index (χ3v) is 6.66. The van der Waals surface area contributed by atoms with Crippen LogP contribution in [0.4, 0.5) is 0 Å². The SMILES string of the molecule is CC(C)(C)NC(=O)[C@H](Cc1ccccc1)N(Cc1ccc(Br)cc1)C(=O)Cc1c(Cl)cccc1Cl. The van der Waals surface area contributed by atoms with Gasteiger partial charge in [0.1, 0.15) is 6.04 Å². The van der Waals surface area contributed by atoms with Crippen molar-refractivity contribution in [3.63, 3.8) is 0 Å². The lowest BCUT2D eigenvalue weighted by molar-refractivity contribution is -0.141. The van der Waals surface area contributed by atoms with E-state index in [2.05, 4.69) is 21.2 Å². The van der Waals surface area contributed by atoms with Gasteiger partial charge in [-0.15, -0.1) is 0 Å². The largest absolute Gasteiger partial charge is 0.350 e. The minimum atomic E-state index is -0.728. The van der Waals surface area contributed by atoms with Gasteiger partial charge in [0, 0.05) is 33.0 Å². The van der Waals surface area contributed by atoms with E-state index in [1.54, 1.807) is 23.1 Å². The molecule has 7 heteroatoms. The van der Waals surface area contributed by atoms with Crippen LogP contribution < -0.4 is 5.32 Å². The van der Waals surface area contributed by atoms with Crippen LogP contribution in [0.2, 0.25) is 10.0 Å². The number of rotatable bonds is 8. The molecule has 3 rings (SSSR count). The zero-order chi connectivity index (χ0) is 25.6. The number of hydrogen-bond acceptors (Lipinski definition) is 2. The first-order chi connectivity index (χ1) is 16.5. The first kappa shape index (κ1) is 27.3. The van der Waals surface area contributed by atoms with Gasteiger partial charge in [-0.3, -0.25) is 9.59 Å². The van der Waals surface area contributed by atoms with Crippen LogP contribution in [0.1, 0.15) is 37.5 Å². The van der Waals surface area contributed by atoms with Crippen molar-refractivity contribution < 1.29 is 9.59 Å². The van der Waals surface area contributed by atoms with E-state index in [4.69, 9.17) is 23.2 Å². The van der Waals surface area contributed by atoms with Gasteiger partial charge >= 0.3 is 0 Å². The summed E-state index contributed by atoms with van der Waals surface area (Å²) in [4.78, 5) is 29.0. The van der Waals surface area contributed by atoms with Crippen molar-refractivity contribution in [2.75, 3.05) is 0 Å². The van der Waals surface area contributed by atoms with Gasteiger partial charge in [-0.1, -0.05) is 87.7 Å². The van der Waals surface area contributed by atoms with E-state index < -0.39 is 11.6 Å². The Bertz CT molecular complexity index is 1140. The summed E-state index contributed by atoms with van der Waals surface area (Å²) in [5.41, 5.74) is 1.97. The number of benzene rings is 3. The number of carbonyl (C=O) groups is 2. The highest BCUT2D eigenvalue weighted by Gasteiger charge is 2.32. The Balaban J connectivity index is 2.02. The van der Waals surface area contributed by atoms with Crippen molar-refractivity contribution in [2.24, 2.45) is 0 Å². The lowest BCUT2D eigenvalue weighted by atomic mass is 10.00. The molecule has 0 aliphatic heterocycles. The molecule has 0 saturated heterocycles. The molecule has 0 aliphatic rings. The fourth-order valence-corrected chi connectivity index (χ4v) is 4.54. The second kappa shape index (κ2) is 12.1. The summed E-state index contributed by atoms with van der Waals surface area (Å²) in [5.74, 6) is -0.440. The Morgan fingerprint density at radius 1 is 0.886 bits per heavy atom. The quantitative estimate of drug-likeness (QED) is 0.319. The van der Waals surface area contributed by atoms with E-state index in [0.29, 0.717) is 22.0 Å². The van der Waals surface area contributed by atoms with Crippen molar-refractivity contribution in [1.82, 2.24) is 10.2 Å². The van der Waals surface area contributed by atoms with Crippen LogP contribution in [0.3, 0.4) is 0 Å². The predicted molar refractivity (Wildman–Crippen MR) is 147 cm³/mol. The fraction of sp³-hybridized carbons (Fsp3) is 0.286. The van der Waals surface area contributed by atoms with Crippen LogP contribution in [0.5, 0.6) is 0 Å². The molecule has 0 heterocycles. The van der Waals surface area contributed by atoms with Gasteiger partial charge in [0.15, 0.2) is 0 Å². The molecule has 0 radical (unpaired) electrons. The maximum Gasteiger partial charge on any atom is 0.243 e. The van der Waals surface area contributed by atoms with Crippen LogP contribution in [-0.2, 0) is 29.0 Å². The van der Waals surface area contributed by atoms with Crippen molar-refractivity contribution in [2.45, 2.75) is 51.7 Å². The Morgan fingerprint density at radius 3 is 2.06 bits per heavy atom. The van der Waals surface area contributed by atoms with Gasteiger partial charge in [0.2, 0.25) is 11.8 Å². The van der Waals surface area contributed by atoms with Gasteiger partial charge in [0.25, 0.3) is 0 Å². The number of amides is 2. The van der Waals surface area contributed by atoms with Crippen LogP contribution in [0.15, 0.2) is 77.3 Å². The molecular formula is C28H29BrCl2N2O2. The molecule has 184 valence electrons. The van der Waals surface area contributed by atoms with Crippen LogP contribution >= 0.6 is 39.1 Å². The van der Waals surface area contributed by atoms with E-state index in [1.807, 2.05) is 75.4 Å². The third kappa shape index (κ3) is 8.09. The van der Waals surface area contributed by atoms with Gasteiger partial charge in [-0.25, -0.2) is 0 Å². The van der Waals surface area contributed by atoms with E-state index in [1.165, 1.54) is 0 Å². The average Bonchev–Trinajstić information content (AvgIpc) is 2.79. The Labute approximate surface area is 225 Å². The van der Waals surface area contributed by atoms with Gasteiger partial charge in [-0.2, -0.15) is 0 Å². The second-order valence-corrected chi connectivity index (χ2v) is 11.2. The summed E-state index contributed by atoms with van der Waals surface area (Å²) in [6.45, 7) is 6.04. The molecule has 0 spiro atoms. The van der Waals surface area contributed by atoms with Crippen LogP contribution in [0, 0.1) is 0 Å². The lowest BCUT2D eigenvalue weighted by Gasteiger charge is -2.34. The monoisotopic (exact) mass is 574 g/mol. The predicted octanol–water partition coefficient (Wildman–Crippen LogP) is 6.85. The van der Waals surface area contributed by atoms with E-state index in [0.717, 1.165) is 15.6 Å². The normalized spacial score (nSPS) is 12.2. The van der Waals surface area contributed by atoms with Crippen molar-refractivity contribution >= 4 is 50.9 Å². The topological polar surface area (TPSA) is 49.4 Å². The molecule has 3 aromatic rings. The maximum atomic E-state index is 13.8. The summed E-state index contributed by atoms with van der Waals surface area (Å²) in [5, 5.41) is 3.91.